The molecule has 3 rings (SSSR count). The second-order valence-corrected chi connectivity index (χ2v) is 5.84. The number of hydrogen-bond acceptors (Lipinski definition) is 3. The van der Waals surface area contributed by atoms with Crippen LogP contribution in [0.2, 0.25) is 0 Å². The zero-order valence-corrected chi connectivity index (χ0v) is 10.1. The molecule has 16 heavy (non-hydrogen) atoms. The molecule has 1 amide bonds. The largest absolute Gasteiger partial charge is 0.350 e. The fraction of sp³-hybridized carbons (Fsp3) is 0.667. The lowest BCUT2D eigenvalue weighted by Gasteiger charge is -2.38. The lowest BCUT2D eigenvalue weighted by atomic mass is 9.73. The molecule has 1 aliphatic heterocycles. The molecule has 1 atom stereocenters. The van der Waals surface area contributed by atoms with Crippen molar-refractivity contribution in [1.82, 2.24) is 10.3 Å². The van der Waals surface area contributed by atoms with Crippen LogP contribution >= 0.6 is 11.3 Å². The molecule has 1 saturated carbocycles. The number of carbonyl (C=O) groups is 1. The third-order valence-electron chi connectivity index (χ3n) is 3.99. The van der Waals surface area contributed by atoms with Crippen molar-refractivity contribution in [2.75, 3.05) is 0 Å². The van der Waals surface area contributed by atoms with Crippen molar-refractivity contribution in [3.05, 3.63) is 16.6 Å². The van der Waals surface area contributed by atoms with E-state index in [1.165, 1.54) is 24.1 Å². The van der Waals surface area contributed by atoms with Crippen molar-refractivity contribution in [2.24, 2.45) is 0 Å². The molecule has 1 unspecified atom stereocenters. The fourth-order valence-electron chi connectivity index (χ4n) is 3.22. The van der Waals surface area contributed by atoms with Gasteiger partial charge in [0.15, 0.2) is 0 Å². The van der Waals surface area contributed by atoms with Crippen molar-refractivity contribution >= 4 is 17.2 Å². The van der Waals surface area contributed by atoms with E-state index in [0.29, 0.717) is 12.3 Å². The molecular formula is C12H16N2OS. The maximum Gasteiger partial charge on any atom is 0.221 e. The van der Waals surface area contributed by atoms with Crippen LogP contribution in [0, 0.1) is 0 Å². The summed E-state index contributed by atoms with van der Waals surface area (Å²) in [5.41, 5.74) is 1.93. The number of amides is 1. The summed E-state index contributed by atoms with van der Waals surface area (Å²) in [6.07, 6.45) is 8.68. The maximum absolute atomic E-state index is 11.7. The van der Waals surface area contributed by atoms with E-state index in [-0.39, 0.29) is 11.4 Å². The topological polar surface area (TPSA) is 42.0 Å². The summed E-state index contributed by atoms with van der Waals surface area (Å²) in [4.78, 5) is 17.1. The molecule has 1 saturated heterocycles. The predicted molar refractivity (Wildman–Crippen MR) is 63.4 cm³/mol. The highest BCUT2D eigenvalue weighted by Crippen LogP contribution is 2.46. The fourth-order valence-corrected chi connectivity index (χ4v) is 4.06. The van der Waals surface area contributed by atoms with Gasteiger partial charge < -0.3 is 5.32 Å². The molecule has 1 spiro atoms. The van der Waals surface area contributed by atoms with Crippen LogP contribution in [0.5, 0.6) is 0 Å². The summed E-state index contributed by atoms with van der Waals surface area (Å²) >= 11 is 1.69. The van der Waals surface area contributed by atoms with Crippen molar-refractivity contribution < 1.29 is 4.79 Å². The van der Waals surface area contributed by atoms with E-state index in [9.17, 15) is 4.79 Å². The highest BCUT2D eigenvalue weighted by molar-refractivity contribution is 7.09. The van der Waals surface area contributed by atoms with E-state index in [4.69, 9.17) is 0 Å². The van der Waals surface area contributed by atoms with Crippen molar-refractivity contribution in [3.8, 4) is 0 Å². The first kappa shape index (κ1) is 10.3. The van der Waals surface area contributed by atoms with Crippen LogP contribution in [0.1, 0.15) is 49.3 Å². The molecule has 3 nitrogen and oxygen atoms in total. The lowest BCUT2D eigenvalue weighted by Crippen LogP contribution is -2.46. The zero-order chi connectivity index (χ0) is 11.0. The Morgan fingerprint density at radius 3 is 2.88 bits per heavy atom. The summed E-state index contributed by atoms with van der Waals surface area (Å²) in [5.74, 6) is 0.591. The van der Waals surface area contributed by atoms with Crippen molar-refractivity contribution in [2.45, 2.75) is 50.0 Å². The van der Waals surface area contributed by atoms with Gasteiger partial charge in [-0.1, -0.05) is 19.3 Å². The average molecular weight is 236 g/mol. The minimum Gasteiger partial charge on any atom is -0.350 e. The van der Waals surface area contributed by atoms with Gasteiger partial charge >= 0.3 is 0 Å². The molecule has 2 fully saturated rings. The van der Waals surface area contributed by atoms with Crippen LogP contribution in [0.15, 0.2) is 11.7 Å². The van der Waals surface area contributed by atoms with Gasteiger partial charge in [0.2, 0.25) is 5.91 Å². The van der Waals surface area contributed by atoms with Gasteiger partial charge in [0.25, 0.3) is 0 Å². The third kappa shape index (κ3) is 1.56. The van der Waals surface area contributed by atoms with Gasteiger partial charge in [0.05, 0.1) is 5.51 Å². The molecule has 1 N–H and O–H groups in total. The van der Waals surface area contributed by atoms with Gasteiger partial charge in [0, 0.05) is 29.0 Å². The predicted octanol–water partition coefficient (Wildman–Crippen LogP) is 2.45. The molecule has 4 heteroatoms. The first-order valence-corrected chi connectivity index (χ1v) is 6.87. The Bertz CT molecular complexity index is 382. The van der Waals surface area contributed by atoms with E-state index >= 15 is 0 Å². The van der Waals surface area contributed by atoms with Gasteiger partial charge in [-0.25, -0.2) is 0 Å². The third-order valence-corrected chi connectivity index (χ3v) is 4.87. The van der Waals surface area contributed by atoms with Crippen molar-refractivity contribution in [1.29, 1.82) is 0 Å². The maximum atomic E-state index is 11.7. The monoisotopic (exact) mass is 236 g/mol. The summed E-state index contributed by atoms with van der Waals surface area (Å²) < 4.78 is 0. The Morgan fingerprint density at radius 1 is 1.38 bits per heavy atom. The van der Waals surface area contributed by atoms with E-state index in [2.05, 4.69) is 10.3 Å². The number of nitrogens with one attached hydrogen (secondary N) is 1. The normalized spacial score (nSPS) is 28.2. The van der Waals surface area contributed by atoms with Gasteiger partial charge in [-0.15, -0.1) is 11.3 Å². The van der Waals surface area contributed by atoms with E-state index in [0.717, 1.165) is 12.8 Å². The van der Waals surface area contributed by atoms with Crippen LogP contribution in [0.3, 0.4) is 0 Å². The first-order valence-electron chi connectivity index (χ1n) is 6.00. The standard InChI is InChI=1S/C12H16N2OS/c15-11-6-9(10-7-13-8-16-10)12(14-11)4-2-1-3-5-12/h7-9H,1-6H2,(H,14,15). The summed E-state index contributed by atoms with van der Waals surface area (Å²) in [6.45, 7) is 0. The van der Waals surface area contributed by atoms with Gasteiger partial charge in [-0.2, -0.15) is 0 Å². The van der Waals surface area contributed by atoms with Gasteiger partial charge in [-0.05, 0) is 12.8 Å². The van der Waals surface area contributed by atoms with Crippen LogP contribution in [-0.2, 0) is 4.79 Å². The van der Waals surface area contributed by atoms with E-state index < -0.39 is 0 Å². The number of hydrogen-bond donors (Lipinski definition) is 1. The number of rotatable bonds is 1. The first-order chi connectivity index (χ1) is 7.80. The minimum absolute atomic E-state index is 0.0574. The van der Waals surface area contributed by atoms with Crippen LogP contribution in [0.25, 0.3) is 0 Å². The van der Waals surface area contributed by atoms with E-state index in [1.807, 2.05) is 11.7 Å². The minimum atomic E-state index is 0.0574. The Labute approximate surface area is 99.3 Å². The molecule has 0 aromatic carbocycles. The summed E-state index contributed by atoms with van der Waals surface area (Å²) in [7, 11) is 0. The molecule has 86 valence electrons. The Hall–Kier alpha value is -0.900. The average Bonchev–Trinajstić information content (AvgIpc) is 2.88. The zero-order valence-electron chi connectivity index (χ0n) is 9.24. The van der Waals surface area contributed by atoms with Gasteiger partial charge in [-0.3, -0.25) is 9.78 Å². The highest BCUT2D eigenvalue weighted by Gasteiger charge is 2.47. The number of aromatic nitrogens is 1. The quantitative estimate of drug-likeness (QED) is 0.813. The SMILES string of the molecule is O=C1CC(c2cncs2)C2(CCCCC2)N1. The van der Waals surface area contributed by atoms with E-state index in [1.54, 1.807) is 11.3 Å². The molecular weight excluding hydrogens is 220 g/mol. The summed E-state index contributed by atoms with van der Waals surface area (Å²) in [6, 6.07) is 0. The molecule has 0 bridgehead atoms. The van der Waals surface area contributed by atoms with Gasteiger partial charge in [0.1, 0.15) is 0 Å². The number of carbonyl (C=O) groups excluding carboxylic acids is 1. The van der Waals surface area contributed by atoms with Crippen LogP contribution in [-0.4, -0.2) is 16.4 Å². The highest BCUT2D eigenvalue weighted by atomic mass is 32.1. The molecule has 2 heterocycles. The number of thiazole rings is 1. The Kier molecular flexibility index (Phi) is 2.46. The Morgan fingerprint density at radius 2 is 2.19 bits per heavy atom. The number of nitrogens with zero attached hydrogens (tertiary/aromatic N) is 1. The summed E-state index contributed by atoms with van der Waals surface area (Å²) in [5, 5.41) is 3.25. The molecule has 1 aliphatic carbocycles. The van der Waals surface area contributed by atoms with Crippen molar-refractivity contribution in [3.63, 3.8) is 0 Å². The smallest absolute Gasteiger partial charge is 0.221 e. The lowest BCUT2D eigenvalue weighted by molar-refractivity contribution is -0.120. The molecule has 2 aliphatic rings. The molecule has 0 radical (unpaired) electrons. The molecule has 1 aromatic heterocycles. The second kappa shape index (κ2) is 3.84. The Balaban J connectivity index is 1.93. The van der Waals surface area contributed by atoms with Crippen LogP contribution in [0.4, 0.5) is 0 Å². The van der Waals surface area contributed by atoms with Crippen LogP contribution < -0.4 is 5.32 Å². The molecule has 1 aromatic rings. The second-order valence-electron chi connectivity index (χ2n) is 4.93.